The first-order valence-electron chi connectivity index (χ1n) is 4.54. The minimum atomic E-state index is -1.05. The number of hydrogen-bond donors (Lipinski definition) is 1. The largest absolute Gasteiger partial charge is 0.443 e. The molecule has 0 aliphatic carbocycles. The maximum absolute atomic E-state index is 11.4. The topological polar surface area (TPSA) is 66.8 Å². The van der Waals surface area contributed by atoms with Crippen molar-refractivity contribution in [1.29, 1.82) is 0 Å². The number of rotatable bonds is 0. The number of aliphatic hydroxyl groups is 1. The third-order valence-corrected chi connectivity index (χ3v) is 1.79. The van der Waals surface area contributed by atoms with E-state index in [1.54, 1.807) is 20.8 Å². The zero-order valence-corrected chi connectivity index (χ0v) is 8.61. The van der Waals surface area contributed by atoms with Gasteiger partial charge in [-0.1, -0.05) is 0 Å². The molecule has 14 heavy (non-hydrogen) atoms. The van der Waals surface area contributed by atoms with Gasteiger partial charge >= 0.3 is 6.09 Å². The summed E-state index contributed by atoms with van der Waals surface area (Å²) in [5.74, 6) is -0.570. The summed E-state index contributed by atoms with van der Waals surface area (Å²) in [5.41, 5.74) is -0.620. The third kappa shape index (κ3) is 2.45. The van der Waals surface area contributed by atoms with Crippen molar-refractivity contribution >= 4 is 12.0 Å². The number of likely N-dealkylation sites (tertiary alicyclic amines) is 1. The molecule has 1 atom stereocenters. The fourth-order valence-electron chi connectivity index (χ4n) is 1.16. The molecule has 1 fully saturated rings. The molecule has 0 spiro atoms. The highest BCUT2D eigenvalue weighted by atomic mass is 16.6. The lowest BCUT2D eigenvalue weighted by Gasteiger charge is -2.23. The van der Waals surface area contributed by atoms with E-state index in [0.29, 0.717) is 0 Å². The molecular weight excluding hydrogens is 186 g/mol. The van der Waals surface area contributed by atoms with Crippen molar-refractivity contribution in [2.45, 2.75) is 38.9 Å². The lowest BCUT2D eigenvalue weighted by molar-refractivity contribution is -0.133. The van der Waals surface area contributed by atoms with E-state index in [4.69, 9.17) is 9.84 Å². The van der Waals surface area contributed by atoms with Crippen molar-refractivity contribution in [3.63, 3.8) is 0 Å². The van der Waals surface area contributed by atoms with Crippen molar-refractivity contribution in [3.05, 3.63) is 0 Å². The number of nitrogens with zero attached hydrogens (tertiary/aromatic N) is 1. The molecule has 1 saturated heterocycles. The third-order valence-electron chi connectivity index (χ3n) is 1.79. The zero-order valence-electron chi connectivity index (χ0n) is 8.61. The predicted octanol–water partition coefficient (Wildman–Crippen LogP) is 0.515. The molecule has 2 amide bonds. The van der Waals surface area contributed by atoms with Crippen molar-refractivity contribution < 1.29 is 19.4 Å². The molecule has 0 saturated carbocycles. The minimum absolute atomic E-state index is 0.231. The Morgan fingerprint density at radius 1 is 1.57 bits per heavy atom. The van der Waals surface area contributed by atoms with Gasteiger partial charge in [-0.05, 0) is 20.8 Å². The first kappa shape index (κ1) is 11.0. The molecule has 1 aliphatic heterocycles. The number of carbonyl (C=O) groups excluding carboxylic acids is 2. The highest BCUT2D eigenvalue weighted by Gasteiger charge is 2.36. The van der Waals surface area contributed by atoms with E-state index >= 15 is 0 Å². The highest BCUT2D eigenvalue weighted by Crippen LogP contribution is 2.16. The Morgan fingerprint density at radius 3 is 2.50 bits per heavy atom. The van der Waals surface area contributed by atoms with Crippen molar-refractivity contribution in [3.8, 4) is 0 Å². The normalized spacial score (nSPS) is 22.7. The Kier molecular flexibility index (Phi) is 2.80. The second-order valence-corrected chi connectivity index (χ2v) is 4.27. The molecule has 1 heterocycles. The van der Waals surface area contributed by atoms with Crippen LogP contribution in [0.4, 0.5) is 4.79 Å². The van der Waals surface area contributed by atoms with E-state index in [1.165, 1.54) is 0 Å². The van der Waals surface area contributed by atoms with Gasteiger partial charge in [0.15, 0.2) is 0 Å². The van der Waals surface area contributed by atoms with E-state index in [2.05, 4.69) is 0 Å². The number of carbonyl (C=O) groups is 2. The van der Waals surface area contributed by atoms with Crippen molar-refractivity contribution in [2.24, 2.45) is 0 Å². The summed E-state index contributed by atoms with van der Waals surface area (Å²) in [6.45, 7) is 5.40. The van der Waals surface area contributed by atoms with Gasteiger partial charge in [-0.3, -0.25) is 4.79 Å². The molecule has 5 nitrogen and oxygen atoms in total. The minimum Gasteiger partial charge on any atom is -0.443 e. The molecule has 5 heteroatoms. The summed E-state index contributed by atoms with van der Waals surface area (Å²) >= 11 is 0. The van der Waals surface area contributed by atoms with Crippen LogP contribution in [0.15, 0.2) is 0 Å². The monoisotopic (exact) mass is 201 g/mol. The molecule has 1 aliphatic rings. The first-order valence-corrected chi connectivity index (χ1v) is 4.54. The van der Waals surface area contributed by atoms with Crippen LogP contribution in [-0.2, 0) is 9.53 Å². The lowest BCUT2D eigenvalue weighted by Crippen LogP contribution is -2.39. The van der Waals surface area contributed by atoms with Crippen LogP contribution in [0.2, 0.25) is 0 Å². The van der Waals surface area contributed by atoms with Crippen LogP contribution >= 0.6 is 0 Å². The maximum atomic E-state index is 11.4. The Balaban J connectivity index is 2.59. The van der Waals surface area contributed by atoms with Crippen molar-refractivity contribution in [2.75, 3.05) is 6.54 Å². The van der Waals surface area contributed by atoms with Gasteiger partial charge in [0.05, 0.1) is 0 Å². The standard InChI is InChI=1S/C9H15NO4/c1-9(2,3)14-8(13)10-5-4-6(11)7(10)12/h6,11H,4-5H2,1-3H3. The number of ether oxygens (including phenoxy) is 1. The summed E-state index contributed by atoms with van der Waals surface area (Å²) in [7, 11) is 0. The number of aliphatic hydroxyl groups excluding tert-OH is 1. The average molecular weight is 201 g/mol. The summed E-state index contributed by atoms with van der Waals surface area (Å²) in [6, 6.07) is 0. The summed E-state index contributed by atoms with van der Waals surface area (Å²) in [6.07, 6.45) is -1.44. The molecule has 1 unspecified atom stereocenters. The van der Waals surface area contributed by atoms with Gasteiger partial charge in [0.1, 0.15) is 11.7 Å². The maximum Gasteiger partial charge on any atom is 0.417 e. The fraction of sp³-hybridized carbons (Fsp3) is 0.778. The smallest absolute Gasteiger partial charge is 0.417 e. The lowest BCUT2D eigenvalue weighted by atomic mass is 10.2. The summed E-state index contributed by atoms with van der Waals surface area (Å²) in [5, 5.41) is 9.12. The van der Waals surface area contributed by atoms with Crippen LogP contribution < -0.4 is 0 Å². The summed E-state index contributed by atoms with van der Waals surface area (Å²) < 4.78 is 5.00. The van der Waals surface area contributed by atoms with E-state index in [-0.39, 0.29) is 13.0 Å². The number of imide groups is 1. The van der Waals surface area contributed by atoms with Crippen molar-refractivity contribution in [1.82, 2.24) is 4.90 Å². The molecule has 0 bridgehead atoms. The van der Waals surface area contributed by atoms with Crippen LogP contribution in [-0.4, -0.2) is 40.3 Å². The number of amides is 2. The van der Waals surface area contributed by atoms with E-state index < -0.39 is 23.7 Å². The second-order valence-electron chi connectivity index (χ2n) is 4.27. The second kappa shape index (κ2) is 3.57. The SMILES string of the molecule is CC(C)(C)OC(=O)N1CCC(O)C1=O. The highest BCUT2D eigenvalue weighted by molar-refractivity contribution is 5.96. The Bertz CT molecular complexity index is 256. The molecule has 1 N–H and O–H groups in total. The van der Waals surface area contributed by atoms with Gasteiger partial charge in [0, 0.05) is 13.0 Å². The van der Waals surface area contributed by atoms with E-state index in [1.807, 2.05) is 0 Å². The van der Waals surface area contributed by atoms with Crippen LogP contribution in [0.5, 0.6) is 0 Å². The number of hydrogen-bond acceptors (Lipinski definition) is 4. The molecule has 80 valence electrons. The van der Waals surface area contributed by atoms with Crippen LogP contribution in [0, 0.1) is 0 Å². The van der Waals surface area contributed by atoms with Gasteiger partial charge in [0.25, 0.3) is 5.91 Å². The molecule has 0 radical (unpaired) electrons. The molecule has 0 aromatic rings. The van der Waals surface area contributed by atoms with Gasteiger partial charge < -0.3 is 9.84 Å². The van der Waals surface area contributed by atoms with E-state index in [9.17, 15) is 9.59 Å². The predicted molar refractivity (Wildman–Crippen MR) is 48.6 cm³/mol. The quantitative estimate of drug-likeness (QED) is 0.620. The van der Waals surface area contributed by atoms with Gasteiger partial charge in [0.2, 0.25) is 0 Å². The Morgan fingerprint density at radius 2 is 2.14 bits per heavy atom. The van der Waals surface area contributed by atoms with Crippen LogP contribution in [0.25, 0.3) is 0 Å². The molecule has 0 aromatic carbocycles. The Labute approximate surface area is 82.6 Å². The van der Waals surface area contributed by atoms with Crippen LogP contribution in [0.1, 0.15) is 27.2 Å². The average Bonchev–Trinajstić information content (AvgIpc) is 2.29. The van der Waals surface area contributed by atoms with Gasteiger partial charge in [-0.25, -0.2) is 9.69 Å². The molecule has 1 rings (SSSR count). The molecule has 0 aromatic heterocycles. The van der Waals surface area contributed by atoms with Crippen LogP contribution in [0.3, 0.4) is 0 Å². The van der Waals surface area contributed by atoms with Gasteiger partial charge in [-0.15, -0.1) is 0 Å². The van der Waals surface area contributed by atoms with E-state index in [0.717, 1.165) is 4.90 Å². The summed E-state index contributed by atoms with van der Waals surface area (Å²) in [4.78, 5) is 23.5. The zero-order chi connectivity index (χ0) is 10.9. The first-order chi connectivity index (χ1) is 6.31. The van der Waals surface area contributed by atoms with Gasteiger partial charge in [-0.2, -0.15) is 0 Å². The molecular formula is C9H15NO4. The Hall–Kier alpha value is -1.10. The fourth-order valence-corrected chi connectivity index (χ4v) is 1.16.